The molecule has 1 aromatic rings. The maximum Gasteiger partial charge on any atom is 0.131 e. The minimum atomic E-state index is -0.373. The second kappa shape index (κ2) is 4.43. The normalized spacial score (nSPS) is 10.9. The summed E-state index contributed by atoms with van der Waals surface area (Å²) in [5.74, 6) is -0.373. The van der Waals surface area contributed by atoms with Gasteiger partial charge in [0, 0.05) is 25.9 Å². The summed E-state index contributed by atoms with van der Waals surface area (Å²) in [4.78, 5) is 1.71. The van der Waals surface area contributed by atoms with Gasteiger partial charge in [0.05, 0.1) is 5.57 Å². The van der Waals surface area contributed by atoms with Crippen LogP contribution >= 0.6 is 0 Å². The number of rotatable bonds is 2. The first-order chi connectivity index (χ1) is 6.65. The molecule has 14 heavy (non-hydrogen) atoms. The summed E-state index contributed by atoms with van der Waals surface area (Å²) in [6, 6.07) is 8.21. The van der Waals surface area contributed by atoms with Crippen LogP contribution in [0.4, 0.5) is 4.39 Å². The van der Waals surface area contributed by atoms with E-state index in [0.717, 1.165) is 0 Å². The fraction of sp³-hybridized carbons (Fsp3) is 0.182. The first-order valence-corrected chi connectivity index (χ1v) is 4.18. The van der Waals surface area contributed by atoms with Gasteiger partial charge in [-0.15, -0.1) is 0 Å². The summed E-state index contributed by atoms with van der Waals surface area (Å²) in [7, 11) is 3.58. The van der Waals surface area contributed by atoms with E-state index in [1.807, 2.05) is 6.07 Å². The lowest BCUT2D eigenvalue weighted by atomic mass is 10.1. The molecule has 0 aromatic heterocycles. The Morgan fingerprint density at radius 1 is 1.43 bits per heavy atom. The number of nitrogens with zero attached hydrogens (tertiary/aromatic N) is 2. The highest BCUT2D eigenvalue weighted by Crippen LogP contribution is 2.17. The Kier molecular flexibility index (Phi) is 3.24. The van der Waals surface area contributed by atoms with Gasteiger partial charge in [0.25, 0.3) is 0 Å². The number of benzene rings is 1. The van der Waals surface area contributed by atoms with Crippen molar-refractivity contribution in [1.29, 1.82) is 5.26 Å². The Labute approximate surface area is 82.9 Å². The van der Waals surface area contributed by atoms with Crippen LogP contribution in [-0.2, 0) is 0 Å². The van der Waals surface area contributed by atoms with E-state index in [2.05, 4.69) is 0 Å². The Morgan fingerprint density at radius 3 is 2.57 bits per heavy atom. The van der Waals surface area contributed by atoms with Crippen molar-refractivity contribution in [3.63, 3.8) is 0 Å². The first-order valence-electron chi connectivity index (χ1n) is 4.18. The van der Waals surface area contributed by atoms with Crippen LogP contribution in [0.25, 0.3) is 5.57 Å². The lowest BCUT2D eigenvalue weighted by Crippen LogP contribution is -2.02. The molecule has 1 rings (SSSR count). The van der Waals surface area contributed by atoms with Crippen LogP contribution in [0.1, 0.15) is 5.56 Å². The lowest BCUT2D eigenvalue weighted by molar-refractivity contribution is 0.565. The molecule has 0 N–H and O–H groups in total. The summed E-state index contributed by atoms with van der Waals surface area (Å²) in [6.07, 6.45) is 1.60. The minimum absolute atomic E-state index is 0.327. The number of halogens is 1. The van der Waals surface area contributed by atoms with Crippen molar-refractivity contribution in [3.8, 4) is 6.07 Å². The molecule has 0 bridgehead atoms. The van der Waals surface area contributed by atoms with Crippen LogP contribution in [0.3, 0.4) is 0 Å². The molecular formula is C11H11FN2. The third kappa shape index (κ3) is 2.33. The summed E-state index contributed by atoms with van der Waals surface area (Å²) in [5, 5.41) is 8.84. The van der Waals surface area contributed by atoms with Gasteiger partial charge in [-0.3, -0.25) is 0 Å². The Hall–Kier alpha value is -1.82. The SMILES string of the molecule is CN(C)/C=C(/C#N)c1ccccc1F. The molecule has 0 saturated heterocycles. The average molecular weight is 190 g/mol. The average Bonchev–Trinajstić information content (AvgIpc) is 2.15. The number of hydrogen-bond acceptors (Lipinski definition) is 2. The molecule has 0 aliphatic rings. The fourth-order valence-corrected chi connectivity index (χ4v) is 1.10. The monoisotopic (exact) mass is 190 g/mol. The largest absolute Gasteiger partial charge is 0.382 e. The predicted octanol–water partition coefficient (Wildman–Crippen LogP) is 2.25. The maximum atomic E-state index is 13.3. The van der Waals surface area contributed by atoms with Crippen molar-refractivity contribution in [2.24, 2.45) is 0 Å². The third-order valence-corrected chi connectivity index (χ3v) is 1.67. The van der Waals surface area contributed by atoms with Gasteiger partial charge in [0.1, 0.15) is 11.9 Å². The molecule has 0 fully saturated rings. The Morgan fingerprint density at radius 2 is 2.07 bits per heavy atom. The number of hydrogen-bond donors (Lipinski definition) is 0. The van der Waals surface area contributed by atoms with Crippen LogP contribution in [0.5, 0.6) is 0 Å². The highest BCUT2D eigenvalue weighted by Gasteiger charge is 2.06. The van der Waals surface area contributed by atoms with Crippen molar-refractivity contribution in [1.82, 2.24) is 4.90 Å². The third-order valence-electron chi connectivity index (χ3n) is 1.67. The molecule has 0 aliphatic heterocycles. The molecule has 0 saturated carbocycles. The first kappa shape index (κ1) is 10.3. The number of nitriles is 1. The summed E-state index contributed by atoms with van der Waals surface area (Å²) >= 11 is 0. The second-order valence-corrected chi connectivity index (χ2v) is 3.10. The van der Waals surface area contributed by atoms with E-state index < -0.39 is 0 Å². The highest BCUT2D eigenvalue weighted by molar-refractivity contribution is 5.76. The van der Waals surface area contributed by atoms with Gasteiger partial charge in [-0.1, -0.05) is 18.2 Å². The molecule has 0 atom stereocenters. The van der Waals surface area contributed by atoms with E-state index in [0.29, 0.717) is 11.1 Å². The van der Waals surface area contributed by atoms with Gasteiger partial charge in [0.2, 0.25) is 0 Å². The Bertz CT molecular complexity index is 389. The molecule has 1 aromatic carbocycles. The van der Waals surface area contributed by atoms with E-state index in [1.165, 1.54) is 6.07 Å². The molecule has 3 heteroatoms. The van der Waals surface area contributed by atoms with E-state index in [9.17, 15) is 4.39 Å². The quantitative estimate of drug-likeness (QED) is 0.669. The predicted molar refractivity (Wildman–Crippen MR) is 53.7 cm³/mol. The maximum absolute atomic E-state index is 13.3. The molecule has 0 heterocycles. The van der Waals surface area contributed by atoms with Crippen LogP contribution in [-0.4, -0.2) is 19.0 Å². The van der Waals surface area contributed by atoms with E-state index in [-0.39, 0.29) is 5.82 Å². The zero-order valence-electron chi connectivity index (χ0n) is 8.16. The smallest absolute Gasteiger partial charge is 0.131 e. The second-order valence-electron chi connectivity index (χ2n) is 3.10. The van der Waals surface area contributed by atoms with Crippen molar-refractivity contribution in [2.75, 3.05) is 14.1 Å². The van der Waals surface area contributed by atoms with E-state index in [4.69, 9.17) is 5.26 Å². The Balaban J connectivity index is 3.16. The molecule has 2 nitrogen and oxygen atoms in total. The molecule has 0 unspecified atom stereocenters. The summed E-state index contributed by atoms with van der Waals surface area (Å²) in [5.41, 5.74) is 0.664. The highest BCUT2D eigenvalue weighted by atomic mass is 19.1. The van der Waals surface area contributed by atoms with Crippen molar-refractivity contribution in [2.45, 2.75) is 0 Å². The van der Waals surface area contributed by atoms with E-state index in [1.54, 1.807) is 43.4 Å². The molecule has 72 valence electrons. The topological polar surface area (TPSA) is 27.0 Å². The van der Waals surface area contributed by atoms with Crippen molar-refractivity contribution in [3.05, 3.63) is 41.8 Å². The fourth-order valence-electron chi connectivity index (χ4n) is 1.10. The van der Waals surface area contributed by atoms with Crippen LogP contribution in [0.15, 0.2) is 30.5 Å². The van der Waals surface area contributed by atoms with E-state index >= 15 is 0 Å². The molecule has 0 spiro atoms. The lowest BCUT2D eigenvalue weighted by Gasteiger charge is -2.06. The molecule has 0 aliphatic carbocycles. The van der Waals surface area contributed by atoms with Crippen LogP contribution < -0.4 is 0 Å². The summed E-state index contributed by atoms with van der Waals surface area (Å²) in [6.45, 7) is 0. The van der Waals surface area contributed by atoms with Gasteiger partial charge in [0.15, 0.2) is 0 Å². The van der Waals surface area contributed by atoms with Gasteiger partial charge in [-0.25, -0.2) is 4.39 Å². The van der Waals surface area contributed by atoms with Gasteiger partial charge in [-0.05, 0) is 6.07 Å². The number of allylic oxidation sites excluding steroid dienone is 1. The van der Waals surface area contributed by atoms with Crippen molar-refractivity contribution < 1.29 is 4.39 Å². The molecular weight excluding hydrogens is 179 g/mol. The standard InChI is InChI=1S/C11H11FN2/c1-14(2)8-9(7-13)10-5-3-4-6-11(10)12/h3-6,8H,1-2H3/b9-8-. The van der Waals surface area contributed by atoms with Crippen LogP contribution in [0, 0.1) is 17.1 Å². The summed E-state index contributed by atoms with van der Waals surface area (Å²) < 4.78 is 13.3. The van der Waals surface area contributed by atoms with Gasteiger partial charge >= 0.3 is 0 Å². The van der Waals surface area contributed by atoms with Gasteiger partial charge < -0.3 is 4.90 Å². The zero-order valence-corrected chi connectivity index (χ0v) is 8.16. The van der Waals surface area contributed by atoms with Gasteiger partial charge in [-0.2, -0.15) is 5.26 Å². The molecule has 0 amide bonds. The molecule has 0 radical (unpaired) electrons. The minimum Gasteiger partial charge on any atom is -0.382 e. The van der Waals surface area contributed by atoms with Crippen LogP contribution in [0.2, 0.25) is 0 Å². The zero-order chi connectivity index (χ0) is 10.6. The van der Waals surface area contributed by atoms with Crippen molar-refractivity contribution >= 4 is 5.57 Å².